The molecule has 0 unspecified atom stereocenters. The Morgan fingerprint density at radius 3 is 2.26 bits per heavy atom. The monoisotopic (exact) mass is 330 g/mol. The van der Waals surface area contributed by atoms with E-state index in [0.29, 0.717) is 10.8 Å². The summed E-state index contributed by atoms with van der Waals surface area (Å²) in [5.41, 5.74) is 2.15. The minimum Gasteiger partial charge on any atom is -0.265 e. The van der Waals surface area contributed by atoms with Crippen LogP contribution in [0.3, 0.4) is 0 Å². The molecule has 2 aromatic rings. The van der Waals surface area contributed by atoms with Gasteiger partial charge >= 0.3 is 0 Å². The zero-order valence-corrected chi connectivity index (χ0v) is 13.9. The van der Waals surface area contributed by atoms with E-state index in [2.05, 4.69) is 9.71 Å². The van der Waals surface area contributed by atoms with Crippen LogP contribution < -0.4 is 4.72 Å². The molecule has 1 fully saturated rings. The quantitative estimate of drug-likeness (QED) is 0.911. The predicted octanol–water partition coefficient (Wildman–Crippen LogP) is 3.61. The molecule has 122 valence electrons. The summed E-state index contributed by atoms with van der Waals surface area (Å²) in [6.07, 6.45) is 9.61. The van der Waals surface area contributed by atoms with Crippen LogP contribution >= 0.6 is 0 Å². The second-order valence-corrected chi connectivity index (χ2v) is 7.85. The highest BCUT2D eigenvalue weighted by Crippen LogP contribution is 2.32. The largest absolute Gasteiger partial charge is 0.265 e. The summed E-state index contributed by atoms with van der Waals surface area (Å²) in [6, 6.07) is 11.0. The Balaban J connectivity index is 1.67. The van der Waals surface area contributed by atoms with Crippen molar-refractivity contribution in [2.75, 3.05) is 0 Å². The number of benzene rings is 1. The van der Waals surface area contributed by atoms with E-state index in [-0.39, 0.29) is 6.54 Å². The van der Waals surface area contributed by atoms with Gasteiger partial charge in [-0.1, -0.05) is 31.4 Å². The maximum Gasteiger partial charge on any atom is 0.240 e. The molecule has 0 bridgehead atoms. The molecule has 0 atom stereocenters. The normalized spacial score (nSPS) is 16.3. The Morgan fingerprint density at radius 1 is 0.957 bits per heavy atom. The average Bonchev–Trinajstić information content (AvgIpc) is 2.62. The molecule has 23 heavy (non-hydrogen) atoms. The topological polar surface area (TPSA) is 59.1 Å². The zero-order valence-electron chi connectivity index (χ0n) is 13.1. The Bertz CT molecular complexity index is 721. The van der Waals surface area contributed by atoms with Gasteiger partial charge in [-0.3, -0.25) is 4.98 Å². The van der Waals surface area contributed by atoms with Crippen molar-refractivity contribution in [1.29, 1.82) is 0 Å². The van der Waals surface area contributed by atoms with Crippen LogP contribution in [0.25, 0.3) is 0 Å². The molecule has 3 rings (SSSR count). The maximum atomic E-state index is 12.4. The van der Waals surface area contributed by atoms with Gasteiger partial charge in [-0.05, 0) is 54.2 Å². The van der Waals surface area contributed by atoms with Crippen molar-refractivity contribution in [2.45, 2.75) is 49.5 Å². The molecule has 4 nitrogen and oxygen atoms in total. The molecule has 0 saturated heterocycles. The highest BCUT2D eigenvalue weighted by molar-refractivity contribution is 7.89. The lowest BCUT2D eigenvalue weighted by Gasteiger charge is -2.22. The Kier molecular flexibility index (Phi) is 5.08. The molecule has 0 spiro atoms. The first-order valence-corrected chi connectivity index (χ1v) is 9.62. The lowest BCUT2D eigenvalue weighted by atomic mass is 9.84. The van der Waals surface area contributed by atoms with E-state index in [4.69, 9.17) is 0 Å². The number of hydrogen-bond acceptors (Lipinski definition) is 3. The molecule has 1 N–H and O–H groups in total. The van der Waals surface area contributed by atoms with Crippen LogP contribution in [0.15, 0.2) is 53.7 Å². The van der Waals surface area contributed by atoms with Gasteiger partial charge in [-0.2, -0.15) is 0 Å². The highest BCUT2D eigenvalue weighted by atomic mass is 32.2. The third kappa shape index (κ3) is 4.18. The van der Waals surface area contributed by atoms with Crippen LogP contribution in [0.1, 0.15) is 49.1 Å². The lowest BCUT2D eigenvalue weighted by molar-refractivity contribution is 0.443. The first-order valence-electron chi connectivity index (χ1n) is 8.14. The highest BCUT2D eigenvalue weighted by Gasteiger charge is 2.17. The number of nitrogens with zero attached hydrogens (tertiary/aromatic N) is 1. The summed E-state index contributed by atoms with van der Waals surface area (Å²) < 4.78 is 27.4. The van der Waals surface area contributed by atoms with Crippen molar-refractivity contribution in [3.8, 4) is 0 Å². The first-order chi connectivity index (χ1) is 11.1. The van der Waals surface area contributed by atoms with Gasteiger partial charge in [0.05, 0.1) is 4.90 Å². The summed E-state index contributed by atoms with van der Waals surface area (Å²) in [6.45, 7) is 0.273. The van der Waals surface area contributed by atoms with Crippen molar-refractivity contribution in [2.24, 2.45) is 0 Å². The van der Waals surface area contributed by atoms with E-state index >= 15 is 0 Å². The van der Waals surface area contributed by atoms with Crippen LogP contribution in [0.2, 0.25) is 0 Å². The second-order valence-electron chi connectivity index (χ2n) is 6.08. The zero-order chi connectivity index (χ0) is 16.1. The molecule has 1 aliphatic carbocycles. The fourth-order valence-corrected chi connectivity index (χ4v) is 4.14. The third-order valence-corrected chi connectivity index (χ3v) is 5.90. The van der Waals surface area contributed by atoms with Crippen LogP contribution in [0, 0.1) is 0 Å². The minimum atomic E-state index is -3.48. The molecule has 5 heteroatoms. The van der Waals surface area contributed by atoms with E-state index in [1.54, 1.807) is 36.7 Å². The van der Waals surface area contributed by atoms with Gasteiger partial charge in [0, 0.05) is 18.9 Å². The third-order valence-electron chi connectivity index (χ3n) is 4.48. The number of sulfonamides is 1. The van der Waals surface area contributed by atoms with Crippen molar-refractivity contribution >= 4 is 10.0 Å². The standard InChI is InChI=1S/C18H22N2O2S/c21-23(22,20-14-15-10-12-19-13-11-15)18-8-6-17(7-9-18)16-4-2-1-3-5-16/h6-13,16,20H,1-5,14H2. The lowest BCUT2D eigenvalue weighted by Crippen LogP contribution is -2.23. The van der Waals surface area contributed by atoms with Gasteiger partial charge in [-0.15, -0.1) is 0 Å². The summed E-state index contributed by atoms with van der Waals surface area (Å²) >= 11 is 0. The van der Waals surface area contributed by atoms with Gasteiger partial charge in [0.2, 0.25) is 10.0 Å². The minimum absolute atomic E-state index is 0.273. The number of nitrogens with one attached hydrogen (secondary N) is 1. The SMILES string of the molecule is O=S(=O)(NCc1ccncc1)c1ccc(C2CCCCC2)cc1. The number of hydrogen-bond donors (Lipinski definition) is 1. The summed E-state index contributed by atoms with van der Waals surface area (Å²) in [4.78, 5) is 4.25. The fourth-order valence-electron chi connectivity index (χ4n) is 3.12. The molecule has 0 amide bonds. The molecule has 1 aromatic carbocycles. The van der Waals surface area contributed by atoms with E-state index in [1.807, 2.05) is 12.1 Å². The maximum absolute atomic E-state index is 12.4. The summed E-state index contributed by atoms with van der Waals surface area (Å²) in [5, 5.41) is 0. The van der Waals surface area contributed by atoms with E-state index in [9.17, 15) is 8.42 Å². The predicted molar refractivity (Wildman–Crippen MR) is 90.5 cm³/mol. The number of pyridine rings is 1. The molecule has 0 radical (unpaired) electrons. The molecule has 1 saturated carbocycles. The molecule has 1 aliphatic rings. The van der Waals surface area contributed by atoms with Crippen molar-refractivity contribution in [3.05, 3.63) is 59.9 Å². The molecule has 0 aliphatic heterocycles. The van der Waals surface area contributed by atoms with Gasteiger partial charge < -0.3 is 0 Å². The van der Waals surface area contributed by atoms with Gasteiger partial charge in [0.25, 0.3) is 0 Å². The smallest absolute Gasteiger partial charge is 0.240 e. The first kappa shape index (κ1) is 16.1. The van der Waals surface area contributed by atoms with Crippen molar-refractivity contribution < 1.29 is 8.42 Å². The van der Waals surface area contributed by atoms with Crippen LogP contribution in [-0.4, -0.2) is 13.4 Å². The summed E-state index contributed by atoms with van der Waals surface area (Å²) in [7, 11) is -3.48. The Labute approximate surface area is 138 Å². The van der Waals surface area contributed by atoms with Gasteiger partial charge in [0.15, 0.2) is 0 Å². The average molecular weight is 330 g/mol. The van der Waals surface area contributed by atoms with Crippen molar-refractivity contribution in [3.63, 3.8) is 0 Å². The molecular weight excluding hydrogens is 308 g/mol. The Hall–Kier alpha value is -1.72. The van der Waals surface area contributed by atoms with Crippen LogP contribution in [0.5, 0.6) is 0 Å². The van der Waals surface area contributed by atoms with Crippen LogP contribution in [0.4, 0.5) is 0 Å². The molecule has 1 heterocycles. The van der Waals surface area contributed by atoms with E-state index in [0.717, 1.165) is 5.56 Å². The van der Waals surface area contributed by atoms with Crippen molar-refractivity contribution in [1.82, 2.24) is 9.71 Å². The van der Waals surface area contributed by atoms with Crippen LogP contribution in [-0.2, 0) is 16.6 Å². The van der Waals surface area contributed by atoms with Gasteiger partial charge in [0.1, 0.15) is 0 Å². The van der Waals surface area contributed by atoms with E-state index < -0.39 is 10.0 Å². The van der Waals surface area contributed by atoms with E-state index in [1.165, 1.54) is 37.7 Å². The molecule has 1 aromatic heterocycles. The fraction of sp³-hybridized carbons (Fsp3) is 0.389. The molecular formula is C18H22N2O2S. The number of rotatable bonds is 5. The number of aromatic nitrogens is 1. The van der Waals surface area contributed by atoms with Gasteiger partial charge in [-0.25, -0.2) is 13.1 Å². The second kappa shape index (κ2) is 7.23. The Morgan fingerprint density at radius 2 is 1.61 bits per heavy atom. The summed E-state index contributed by atoms with van der Waals surface area (Å²) in [5.74, 6) is 0.588.